The van der Waals surface area contributed by atoms with Crippen molar-refractivity contribution in [3.8, 4) is 33.5 Å². The van der Waals surface area contributed by atoms with Crippen molar-refractivity contribution in [1.29, 1.82) is 0 Å². The molecule has 10 nitrogen and oxygen atoms in total. The number of carbonyl (C=O) groups excluding carboxylic acids is 2. The Kier molecular flexibility index (Phi) is 8.57. The maximum absolute atomic E-state index is 12.7. The molecule has 4 aromatic heterocycles. The molecule has 0 radical (unpaired) electrons. The fraction of sp³-hybridized carbons (Fsp3) is 0.294. The monoisotopic (exact) mass is 653 g/mol. The first kappa shape index (κ1) is 30.2. The second-order valence-corrected chi connectivity index (χ2v) is 13.2. The van der Waals surface area contributed by atoms with E-state index in [-0.39, 0.29) is 12.5 Å². The summed E-state index contributed by atoms with van der Waals surface area (Å²) >= 11 is 3.57. The van der Waals surface area contributed by atoms with E-state index in [2.05, 4.69) is 83.5 Å². The van der Waals surface area contributed by atoms with E-state index in [9.17, 15) is 9.59 Å². The standard InChI is InChI=1S/C34H35N7O3S2/c1-3-13-41(30(42)16-37-34(43)44-2)17-29-36-15-28(38-29)21-8-6-20(7-9-21)23-18-45-32-24(19-46-31(23)32)22-10-11-25-27(14-22)40-33(39-25)26-5-4-12-35-26/h6-11,14-15,18-19,26,35H,3-5,12-13,16-17H2,1-2H3,(H,36,38)(H,37,43)(H,39,40). The summed E-state index contributed by atoms with van der Waals surface area (Å²) in [5, 5.41) is 10.5. The van der Waals surface area contributed by atoms with Crippen LogP contribution in [-0.4, -0.2) is 63.6 Å². The van der Waals surface area contributed by atoms with Crippen LogP contribution in [0.3, 0.4) is 0 Å². The molecule has 0 aliphatic carbocycles. The zero-order valence-corrected chi connectivity index (χ0v) is 27.3. The van der Waals surface area contributed by atoms with Crippen LogP contribution in [0, 0.1) is 0 Å². The van der Waals surface area contributed by atoms with Crippen LogP contribution in [0.25, 0.3) is 53.9 Å². The van der Waals surface area contributed by atoms with Gasteiger partial charge in [-0.15, -0.1) is 22.7 Å². The molecule has 1 aliphatic heterocycles. The molecule has 46 heavy (non-hydrogen) atoms. The summed E-state index contributed by atoms with van der Waals surface area (Å²) in [6.45, 7) is 3.82. The van der Waals surface area contributed by atoms with Crippen molar-refractivity contribution in [3.63, 3.8) is 0 Å². The average Bonchev–Trinajstić information content (AvgIpc) is 3.91. The van der Waals surface area contributed by atoms with Crippen LogP contribution in [0.1, 0.15) is 43.9 Å². The highest BCUT2D eigenvalue weighted by molar-refractivity contribution is 7.27. The fourth-order valence-corrected chi connectivity index (χ4v) is 8.45. The number of nitrogens with zero attached hydrogens (tertiary/aromatic N) is 3. The molecule has 2 aromatic carbocycles. The first-order valence-electron chi connectivity index (χ1n) is 15.5. The van der Waals surface area contributed by atoms with Crippen molar-refractivity contribution in [2.75, 3.05) is 26.7 Å². The number of nitrogens with one attached hydrogen (secondary N) is 4. The lowest BCUT2D eigenvalue weighted by Crippen LogP contribution is -2.40. The van der Waals surface area contributed by atoms with Gasteiger partial charge in [-0.3, -0.25) is 4.79 Å². The molecule has 6 aromatic rings. The third kappa shape index (κ3) is 6.03. The summed E-state index contributed by atoms with van der Waals surface area (Å²) in [6.07, 6.45) is 4.27. The van der Waals surface area contributed by atoms with Crippen molar-refractivity contribution in [3.05, 3.63) is 71.1 Å². The summed E-state index contributed by atoms with van der Waals surface area (Å²) in [7, 11) is 1.27. The van der Waals surface area contributed by atoms with Gasteiger partial charge in [0.25, 0.3) is 0 Å². The SMILES string of the molecule is CCCN(Cc1ncc(-c2ccc(-c3csc4c(-c5ccc6nc(C7CCCN7)[nH]c6c5)csc34)cc2)[nH]1)C(=O)CNC(=O)OC. The van der Waals surface area contributed by atoms with E-state index in [0.29, 0.717) is 25.0 Å². The third-order valence-electron chi connectivity index (χ3n) is 8.38. The van der Waals surface area contributed by atoms with Gasteiger partial charge in [-0.25, -0.2) is 14.8 Å². The molecule has 1 unspecified atom stereocenters. The molecule has 0 saturated carbocycles. The van der Waals surface area contributed by atoms with Gasteiger partial charge < -0.3 is 30.2 Å². The summed E-state index contributed by atoms with van der Waals surface area (Å²) < 4.78 is 7.16. The Balaban J connectivity index is 1.06. The van der Waals surface area contributed by atoms with Crippen molar-refractivity contribution < 1.29 is 14.3 Å². The molecule has 2 amide bonds. The minimum absolute atomic E-state index is 0.123. The second kappa shape index (κ2) is 13.1. The van der Waals surface area contributed by atoms with Crippen LogP contribution in [0.4, 0.5) is 4.79 Å². The number of hydrogen-bond donors (Lipinski definition) is 4. The van der Waals surface area contributed by atoms with Gasteiger partial charge in [0.05, 0.1) is 52.0 Å². The Morgan fingerprint density at radius 1 is 1.02 bits per heavy atom. The van der Waals surface area contributed by atoms with Gasteiger partial charge in [0, 0.05) is 28.4 Å². The van der Waals surface area contributed by atoms with E-state index < -0.39 is 6.09 Å². The predicted octanol–water partition coefficient (Wildman–Crippen LogP) is 7.08. The molecule has 12 heteroatoms. The Hall–Kier alpha value is -4.52. The fourth-order valence-electron chi connectivity index (χ4n) is 5.99. The number of rotatable bonds is 10. The molecule has 1 aliphatic rings. The maximum Gasteiger partial charge on any atom is 0.407 e. The van der Waals surface area contributed by atoms with Gasteiger partial charge >= 0.3 is 6.09 Å². The molecule has 236 valence electrons. The van der Waals surface area contributed by atoms with Gasteiger partial charge in [0.15, 0.2) is 0 Å². The van der Waals surface area contributed by atoms with Crippen LogP contribution in [0.2, 0.25) is 0 Å². The number of benzene rings is 2. The Morgan fingerprint density at radius 3 is 2.48 bits per heavy atom. The number of aromatic nitrogens is 4. The van der Waals surface area contributed by atoms with Crippen molar-refractivity contribution >= 4 is 55.1 Å². The van der Waals surface area contributed by atoms with E-state index in [1.54, 1.807) is 33.8 Å². The predicted molar refractivity (Wildman–Crippen MR) is 184 cm³/mol. The maximum atomic E-state index is 12.7. The van der Waals surface area contributed by atoms with Gasteiger partial charge in [-0.1, -0.05) is 37.3 Å². The topological polar surface area (TPSA) is 128 Å². The van der Waals surface area contributed by atoms with Crippen LogP contribution >= 0.6 is 22.7 Å². The second-order valence-electron chi connectivity index (χ2n) is 11.4. The van der Waals surface area contributed by atoms with E-state index in [1.807, 2.05) is 6.92 Å². The van der Waals surface area contributed by atoms with Crippen LogP contribution in [-0.2, 0) is 16.1 Å². The molecular formula is C34H35N7O3S2. The minimum Gasteiger partial charge on any atom is -0.453 e. The molecule has 5 heterocycles. The number of H-pyrrole nitrogens is 2. The van der Waals surface area contributed by atoms with E-state index >= 15 is 0 Å². The summed E-state index contributed by atoms with van der Waals surface area (Å²) in [5.41, 5.74) is 8.84. The lowest BCUT2D eigenvalue weighted by atomic mass is 10.0. The number of ether oxygens (including phenoxy) is 1. The summed E-state index contributed by atoms with van der Waals surface area (Å²) in [5.74, 6) is 1.53. The average molecular weight is 654 g/mol. The normalized spacial score (nSPS) is 14.7. The van der Waals surface area contributed by atoms with Crippen molar-refractivity contribution in [2.45, 2.75) is 38.8 Å². The number of carbonyl (C=O) groups is 2. The molecule has 7 rings (SSSR count). The minimum atomic E-state index is -0.630. The number of alkyl carbamates (subject to hydrolysis) is 1. The van der Waals surface area contributed by atoms with Gasteiger partial charge in [-0.2, -0.15) is 0 Å². The number of aromatic amines is 2. The highest BCUT2D eigenvalue weighted by Gasteiger charge is 2.21. The molecular weight excluding hydrogens is 619 g/mol. The van der Waals surface area contributed by atoms with Crippen molar-refractivity contribution in [2.24, 2.45) is 0 Å². The zero-order valence-electron chi connectivity index (χ0n) is 25.7. The first-order valence-corrected chi connectivity index (χ1v) is 17.2. The highest BCUT2D eigenvalue weighted by Crippen LogP contribution is 2.44. The number of amides is 2. The molecule has 1 saturated heterocycles. The van der Waals surface area contributed by atoms with Crippen LogP contribution in [0.5, 0.6) is 0 Å². The smallest absolute Gasteiger partial charge is 0.407 e. The Labute approximate surface area is 274 Å². The largest absolute Gasteiger partial charge is 0.453 e. The molecule has 0 bridgehead atoms. The lowest BCUT2D eigenvalue weighted by molar-refractivity contribution is -0.130. The lowest BCUT2D eigenvalue weighted by Gasteiger charge is -2.21. The number of fused-ring (bicyclic) bond motifs is 2. The number of hydrogen-bond acceptors (Lipinski definition) is 8. The molecule has 4 N–H and O–H groups in total. The highest BCUT2D eigenvalue weighted by atomic mass is 32.1. The first-order chi connectivity index (χ1) is 22.5. The summed E-state index contributed by atoms with van der Waals surface area (Å²) in [6, 6.07) is 15.4. The van der Waals surface area contributed by atoms with E-state index in [4.69, 9.17) is 4.98 Å². The quantitative estimate of drug-likeness (QED) is 0.125. The zero-order chi connectivity index (χ0) is 31.6. The van der Waals surface area contributed by atoms with E-state index in [0.717, 1.165) is 47.5 Å². The van der Waals surface area contributed by atoms with Crippen molar-refractivity contribution in [1.82, 2.24) is 35.5 Å². The molecule has 1 atom stereocenters. The molecule has 1 fully saturated rings. The number of imidazole rings is 2. The number of thiophene rings is 2. The summed E-state index contributed by atoms with van der Waals surface area (Å²) in [4.78, 5) is 42.0. The molecule has 0 spiro atoms. The Bertz CT molecular complexity index is 2000. The van der Waals surface area contributed by atoms with E-state index in [1.165, 1.54) is 45.2 Å². The number of methoxy groups -OCH3 is 1. The van der Waals surface area contributed by atoms with Gasteiger partial charge in [-0.05, 0) is 54.6 Å². The van der Waals surface area contributed by atoms with Crippen LogP contribution in [0.15, 0.2) is 59.4 Å². The Morgan fingerprint density at radius 2 is 1.76 bits per heavy atom. The third-order valence-corrected chi connectivity index (χ3v) is 10.5. The van der Waals surface area contributed by atoms with Crippen LogP contribution < -0.4 is 10.6 Å². The van der Waals surface area contributed by atoms with Gasteiger partial charge in [0.2, 0.25) is 5.91 Å². The van der Waals surface area contributed by atoms with Gasteiger partial charge in [0.1, 0.15) is 18.2 Å².